The molecule has 0 bridgehead atoms. The molecule has 0 radical (unpaired) electrons. The Morgan fingerprint density at radius 2 is 1.87 bits per heavy atom. The van der Waals surface area contributed by atoms with Crippen molar-refractivity contribution in [2.75, 3.05) is 11.5 Å². The van der Waals surface area contributed by atoms with E-state index in [0.717, 1.165) is 11.4 Å². The number of halogens is 1. The first-order chi connectivity index (χ1) is 18.1. The first kappa shape index (κ1) is 25.7. The van der Waals surface area contributed by atoms with Crippen molar-refractivity contribution < 1.29 is 14.3 Å². The molecule has 1 aromatic carbocycles. The number of rotatable bonds is 5. The van der Waals surface area contributed by atoms with Gasteiger partial charge in [-0.15, -0.1) is 0 Å². The molecule has 0 fully saturated rings. The van der Waals surface area contributed by atoms with E-state index in [1.165, 1.54) is 0 Å². The van der Waals surface area contributed by atoms with Gasteiger partial charge in [-0.2, -0.15) is 5.10 Å². The van der Waals surface area contributed by atoms with Crippen molar-refractivity contribution in [3.05, 3.63) is 93.9 Å². The summed E-state index contributed by atoms with van der Waals surface area (Å²) < 4.78 is 7.11. The van der Waals surface area contributed by atoms with Crippen LogP contribution in [0, 0.1) is 12.3 Å². The van der Waals surface area contributed by atoms with E-state index in [-0.39, 0.29) is 29.2 Å². The number of anilines is 1. The molecule has 1 unspecified atom stereocenters. The van der Waals surface area contributed by atoms with Crippen molar-refractivity contribution in [1.82, 2.24) is 14.8 Å². The van der Waals surface area contributed by atoms with Crippen molar-refractivity contribution in [3.8, 4) is 5.69 Å². The molecule has 1 aliphatic carbocycles. The van der Waals surface area contributed by atoms with Crippen LogP contribution in [-0.4, -0.2) is 33.1 Å². The number of aryl methyl sites for hydroxylation is 1. The number of nitrogens with zero attached hydrogens (tertiary/aromatic N) is 4. The van der Waals surface area contributed by atoms with Gasteiger partial charge in [-0.3, -0.25) is 14.7 Å². The highest BCUT2D eigenvalue weighted by Crippen LogP contribution is 2.52. The molecule has 1 atom stereocenters. The smallest absolute Gasteiger partial charge is 0.338 e. The highest BCUT2D eigenvalue weighted by atomic mass is 35.5. The molecule has 38 heavy (non-hydrogen) atoms. The van der Waals surface area contributed by atoms with Crippen LogP contribution in [-0.2, 0) is 14.3 Å². The maximum atomic E-state index is 14.0. The van der Waals surface area contributed by atoms with E-state index in [4.69, 9.17) is 27.2 Å². The Balaban J connectivity index is 1.82. The van der Waals surface area contributed by atoms with Crippen LogP contribution in [0.2, 0.25) is 5.15 Å². The van der Waals surface area contributed by atoms with Gasteiger partial charge in [-0.1, -0.05) is 43.6 Å². The molecule has 8 nitrogen and oxygen atoms in total. The predicted octanol–water partition coefficient (Wildman–Crippen LogP) is 5.21. The number of aromatic nitrogens is 3. The van der Waals surface area contributed by atoms with Gasteiger partial charge in [-0.05, 0) is 49.9 Å². The van der Waals surface area contributed by atoms with Crippen LogP contribution in [0.5, 0.6) is 0 Å². The lowest BCUT2D eigenvalue weighted by molar-refractivity contribution is -0.138. The second-order valence-corrected chi connectivity index (χ2v) is 10.7. The summed E-state index contributed by atoms with van der Waals surface area (Å²) in [7, 11) is 0. The molecule has 2 aromatic heterocycles. The average Bonchev–Trinajstić information content (AvgIpc) is 3.17. The normalized spacial score (nSPS) is 19.0. The molecule has 0 amide bonds. The summed E-state index contributed by atoms with van der Waals surface area (Å²) in [4.78, 5) is 33.6. The molecule has 1 aliphatic heterocycles. The molecule has 196 valence electrons. The fraction of sp³-hybridized carbons (Fsp3) is 0.310. The van der Waals surface area contributed by atoms with Crippen LogP contribution < -0.4 is 10.6 Å². The van der Waals surface area contributed by atoms with E-state index in [0.29, 0.717) is 40.5 Å². The zero-order chi connectivity index (χ0) is 27.2. The number of hydrogen-bond acceptors (Lipinski definition) is 7. The molecule has 0 spiro atoms. The summed E-state index contributed by atoms with van der Waals surface area (Å²) in [5.41, 5.74) is 10.5. The summed E-state index contributed by atoms with van der Waals surface area (Å²) in [6.45, 7) is 7.81. The van der Waals surface area contributed by atoms with Crippen LogP contribution in [0.1, 0.15) is 50.8 Å². The van der Waals surface area contributed by atoms with E-state index >= 15 is 0 Å². The highest BCUT2D eigenvalue weighted by Gasteiger charge is 2.48. The van der Waals surface area contributed by atoms with Crippen molar-refractivity contribution in [2.24, 2.45) is 11.1 Å². The third-order valence-corrected chi connectivity index (χ3v) is 7.36. The first-order valence-corrected chi connectivity index (χ1v) is 13.0. The first-order valence-electron chi connectivity index (χ1n) is 12.6. The average molecular weight is 532 g/mol. The summed E-state index contributed by atoms with van der Waals surface area (Å²) in [6, 6.07) is 13.1. The molecule has 3 heterocycles. The van der Waals surface area contributed by atoms with Crippen molar-refractivity contribution in [1.29, 1.82) is 0 Å². The Morgan fingerprint density at radius 1 is 1.16 bits per heavy atom. The number of benzene rings is 1. The Labute approximate surface area is 226 Å². The Morgan fingerprint density at radius 3 is 2.53 bits per heavy atom. The number of Topliss-reactive ketones (excluding diaryl/α,β-unsaturated/α-hetero) is 1. The Hall–Kier alpha value is -3.91. The second kappa shape index (κ2) is 9.76. The molecule has 3 aromatic rings. The Kier molecular flexibility index (Phi) is 6.61. The second-order valence-electron chi connectivity index (χ2n) is 10.3. The van der Waals surface area contributed by atoms with Crippen LogP contribution in [0.25, 0.3) is 5.69 Å². The molecule has 2 N–H and O–H groups in total. The molecule has 0 saturated heterocycles. The minimum atomic E-state index is -0.828. The molecule has 5 rings (SSSR count). The number of pyridine rings is 1. The molecule has 0 saturated carbocycles. The number of carbonyl (C=O) groups is 2. The van der Waals surface area contributed by atoms with E-state index in [1.807, 2.05) is 43.3 Å². The molecular weight excluding hydrogens is 502 g/mol. The van der Waals surface area contributed by atoms with Crippen molar-refractivity contribution >= 4 is 29.0 Å². The maximum absolute atomic E-state index is 14.0. The van der Waals surface area contributed by atoms with E-state index in [1.54, 1.807) is 35.0 Å². The van der Waals surface area contributed by atoms with Crippen LogP contribution in [0.3, 0.4) is 0 Å². The number of allylic oxidation sites excluding steroid dienone is 2. The number of hydrogen-bond donors (Lipinski definition) is 1. The highest BCUT2D eigenvalue weighted by molar-refractivity contribution is 6.31. The van der Waals surface area contributed by atoms with E-state index < -0.39 is 11.9 Å². The summed E-state index contributed by atoms with van der Waals surface area (Å²) in [5, 5.41) is 5.01. The van der Waals surface area contributed by atoms with Gasteiger partial charge in [0.25, 0.3) is 0 Å². The van der Waals surface area contributed by atoms with Crippen LogP contribution in [0.4, 0.5) is 5.69 Å². The topological polar surface area (TPSA) is 103 Å². The Bertz CT molecular complexity index is 1470. The number of esters is 1. The van der Waals surface area contributed by atoms with Gasteiger partial charge in [0.15, 0.2) is 5.78 Å². The molecule has 2 aliphatic rings. The summed E-state index contributed by atoms with van der Waals surface area (Å²) in [6.07, 6.45) is 4.22. The molecular formula is C29H30ClN5O3. The number of para-hydroxylation sites is 1. The van der Waals surface area contributed by atoms with Gasteiger partial charge in [0.2, 0.25) is 0 Å². The van der Waals surface area contributed by atoms with E-state index in [2.05, 4.69) is 18.8 Å². The van der Waals surface area contributed by atoms with Crippen molar-refractivity contribution in [2.45, 2.75) is 46.5 Å². The summed E-state index contributed by atoms with van der Waals surface area (Å²) >= 11 is 7.01. The lowest BCUT2D eigenvalue weighted by Gasteiger charge is -2.44. The third kappa shape index (κ3) is 4.28. The maximum Gasteiger partial charge on any atom is 0.338 e. The lowest BCUT2D eigenvalue weighted by Crippen LogP contribution is -2.44. The van der Waals surface area contributed by atoms with E-state index in [9.17, 15) is 9.59 Å². The van der Waals surface area contributed by atoms with Gasteiger partial charge in [0, 0.05) is 29.5 Å². The van der Waals surface area contributed by atoms with Crippen LogP contribution in [0.15, 0.2) is 77.5 Å². The third-order valence-electron chi connectivity index (χ3n) is 7.00. The monoisotopic (exact) mass is 531 g/mol. The van der Waals surface area contributed by atoms with Gasteiger partial charge in [0.05, 0.1) is 41.4 Å². The fourth-order valence-electron chi connectivity index (χ4n) is 5.47. The van der Waals surface area contributed by atoms with Gasteiger partial charge >= 0.3 is 5.97 Å². The minimum absolute atomic E-state index is 0.0626. The SMILES string of the molecule is CCOC(=O)C1=C(N)N(c2cccnc2)C2=C(C(=O)CC(C)(C)C2)C1c1c(C)nn(-c2ccccc2)c1Cl. The summed E-state index contributed by atoms with van der Waals surface area (Å²) in [5.74, 6) is -1.30. The van der Waals surface area contributed by atoms with Gasteiger partial charge in [-0.25, -0.2) is 9.48 Å². The number of ether oxygens (including phenoxy) is 1. The zero-order valence-corrected chi connectivity index (χ0v) is 22.6. The zero-order valence-electron chi connectivity index (χ0n) is 21.9. The number of nitrogens with two attached hydrogens (primary N) is 1. The number of carbonyl (C=O) groups excluding carboxylic acids is 2. The fourth-order valence-corrected chi connectivity index (χ4v) is 5.85. The minimum Gasteiger partial charge on any atom is -0.463 e. The van der Waals surface area contributed by atoms with Crippen LogP contribution >= 0.6 is 11.6 Å². The molecule has 9 heteroatoms. The lowest BCUT2D eigenvalue weighted by atomic mass is 9.68. The van der Waals surface area contributed by atoms with Gasteiger partial charge < -0.3 is 10.5 Å². The van der Waals surface area contributed by atoms with Crippen molar-refractivity contribution in [3.63, 3.8) is 0 Å². The quantitative estimate of drug-likeness (QED) is 0.451. The van der Waals surface area contributed by atoms with Gasteiger partial charge in [0.1, 0.15) is 11.0 Å². The predicted molar refractivity (Wildman–Crippen MR) is 146 cm³/mol. The largest absolute Gasteiger partial charge is 0.463 e. The number of ketones is 1. The standard InChI is InChI=1S/C29H30ClN5O3/c1-5-38-28(37)25-24(22-17(2)33-35(26(22)30)18-10-7-6-8-11-18)23-20(14-29(3,4)15-21(23)36)34(27(25)31)19-12-9-13-32-16-19/h6-13,16,24H,5,14-15,31H2,1-4H3.